The standard InChI is InChI=1S/C9H11ClN2O/c1-7(10)6-12-4-2-3-8(5-11)9(12)13/h2-4H,1,5-6,11H2. The molecule has 1 rings (SSSR count). The second kappa shape index (κ2) is 4.25. The van der Waals surface area contributed by atoms with Gasteiger partial charge in [0.2, 0.25) is 0 Å². The molecule has 2 N–H and O–H groups in total. The van der Waals surface area contributed by atoms with Crippen molar-refractivity contribution < 1.29 is 0 Å². The Morgan fingerprint density at radius 2 is 2.38 bits per heavy atom. The van der Waals surface area contributed by atoms with Crippen LogP contribution in [0.3, 0.4) is 0 Å². The van der Waals surface area contributed by atoms with Crippen LogP contribution in [-0.4, -0.2) is 4.57 Å². The van der Waals surface area contributed by atoms with Crippen LogP contribution in [0.15, 0.2) is 34.7 Å². The zero-order chi connectivity index (χ0) is 9.84. The molecule has 0 atom stereocenters. The molecular formula is C9H11ClN2O. The molecule has 0 radical (unpaired) electrons. The van der Waals surface area contributed by atoms with Crippen LogP contribution in [0.25, 0.3) is 0 Å². The Bertz CT molecular complexity index is 370. The number of aromatic nitrogens is 1. The molecule has 0 amide bonds. The van der Waals surface area contributed by atoms with Gasteiger partial charge >= 0.3 is 0 Å². The molecule has 3 nitrogen and oxygen atoms in total. The summed E-state index contributed by atoms with van der Waals surface area (Å²) in [4.78, 5) is 11.5. The van der Waals surface area contributed by atoms with Crippen molar-refractivity contribution in [2.24, 2.45) is 5.73 Å². The van der Waals surface area contributed by atoms with Gasteiger partial charge in [0.1, 0.15) is 0 Å². The highest BCUT2D eigenvalue weighted by Gasteiger charge is 2.00. The number of halogens is 1. The first-order valence-electron chi connectivity index (χ1n) is 3.87. The lowest BCUT2D eigenvalue weighted by molar-refractivity contribution is 0.754. The molecule has 1 heterocycles. The third kappa shape index (κ3) is 2.44. The van der Waals surface area contributed by atoms with Crippen LogP contribution in [0.5, 0.6) is 0 Å². The fraction of sp³-hybridized carbons (Fsp3) is 0.222. The smallest absolute Gasteiger partial charge is 0.255 e. The number of allylic oxidation sites excluding steroid dienone is 1. The van der Waals surface area contributed by atoms with Crippen molar-refractivity contribution in [2.45, 2.75) is 13.1 Å². The number of rotatable bonds is 3. The quantitative estimate of drug-likeness (QED) is 0.790. The molecule has 0 saturated heterocycles. The molecule has 0 saturated carbocycles. The Morgan fingerprint density at radius 1 is 1.69 bits per heavy atom. The van der Waals surface area contributed by atoms with Crippen molar-refractivity contribution in [2.75, 3.05) is 0 Å². The van der Waals surface area contributed by atoms with Gasteiger partial charge < -0.3 is 10.3 Å². The molecule has 0 aliphatic rings. The van der Waals surface area contributed by atoms with E-state index in [2.05, 4.69) is 6.58 Å². The van der Waals surface area contributed by atoms with Crippen molar-refractivity contribution in [3.63, 3.8) is 0 Å². The van der Waals surface area contributed by atoms with Crippen molar-refractivity contribution in [1.82, 2.24) is 4.57 Å². The molecule has 0 aromatic carbocycles. The monoisotopic (exact) mass is 198 g/mol. The average molecular weight is 199 g/mol. The molecule has 4 heteroatoms. The number of nitrogens with zero attached hydrogens (tertiary/aromatic N) is 1. The van der Waals surface area contributed by atoms with Crippen LogP contribution in [-0.2, 0) is 13.1 Å². The molecule has 0 spiro atoms. The second-order valence-electron chi connectivity index (χ2n) is 2.69. The molecular weight excluding hydrogens is 188 g/mol. The van der Waals surface area contributed by atoms with Gasteiger partial charge in [0.05, 0.1) is 6.54 Å². The largest absolute Gasteiger partial charge is 0.326 e. The molecule has 70 valence electrons. The summed E-state index contributed by atoms with van der Waals surface area (Å²) in [5, 5.41) is 0.427. The van der Waals surface area contributed by atoms with E-state index in [4.69, 9.17) is 17.3 Å². The maximum atomic E-state index is 11.5. The summed E-state index contributed by atoms with van der Waals surface area (Å²) in [6.07, 6.45) is 1.66. The van der Waals surface area contributed by atoms with Crippen molar-refractivity contribution in [3.8, 4) is 0 Å². The van der Waals surface area contributed by atoms with Crippen LogP contribution >= 0.6 is 11.6 Å². The summed E-state index contributed by atoms with van der Waals surface area (Å²) in [6, 6.07) is 3.47. The Hall–Kier alpha value is -1.06. The molecule has 0 unspecified atom stereocenters. The first kappa shape index (κ1) is 10.0. The minimum Gasteiger partial charge on any atom is -0.326 e. The molecule has 0 aliphatic carbocycles. The fourth-order valence-electron chi connectivity index (χ4n) is 1.05. The minimum absolute atomic E-state index is 0.105. The third-order valence-corrected chi connectivity index (χ3v) is 1.78. The zero-order valence-corrected chi connectivity index (χ0v) is 7.92. The molecule has 0 bridgehead atoms. The maximum Gasteiger partial charge on any atom is 0.255 e. The topological polar surface area (TPSA) is 48.0 Å². The van der Waals surface area contributed by atoms with Crippen LogP contribution in [0.2, 0.25) is 0 Å². The first-order valence-corrected chi connectivity index (χ1v) is 4.24. The zero-order valence-electron chi connectivity index (χ0n) is 7.16. The summed E-state index contributed by atoms with van der Waals surface area (Å²) >= 11 is 5.59. The SMILES string of the molecule is C=C(Cl)Cn1cccc(CN)c1=O. The van der Waals surface area contributed by atoms with Crippen molar-refractivity contribution in [3.05, 3.63) is 45.9 Å². The minimum atomic E-state index is -0.105. The van der Waals surface area contributed by atoms with Gasteiger partial charge in [-0.05, 0) is 6.07 Å². The molecule has 1 aromatic heterocycles. The van der Waals surface area contributed by atoms with E-state index >= 15 is 0 Å². The van der Waals surface area contributed by atoms with E-state index in [9.17, 15) is 4.79 Å². The maximum absolute atomic E-state index is 11.5. The summed E-state index contributed by atoms with van der Waals surface area (Å²) < 4.78 is 1.48. The van der Waals surface area contributed by atoms with Crippen LogP contribution < -0.4 is 11.3 Å². The highest BCUT2D eigenvalue weighted by Crippen LogP contribution is 2.00. The molecule has 1 aromatic rings. The normalized spacial score (nSPS) is 10.0. The predicted molar refractivity (Wildman–Crippen MR) is 53.6 cm³/mol. The first-order chi connectivity index (χ1) is 6.15. The van der Waals surface area contributed by atoms with Gasteiger partial charge in [-0.25, -0.2) is 0 Å². The van der Waals surface area contributed by atoms with Gasteiger partial charge in [-0.1, -0.05) is 24.2 Å². The van der Waals surface area contributed by atoms with Crippen molar-refractivity contribution in [1.29, 1.82) is 0 Å². The van der Waals surface area contributed by atoms with E-state index in [1.54, 1.807) is 18.3 Å². The van der Waals surface area contributed by atoms with E-state index in [0.29, 0.717) is 17.1 Å². The highest BCUT2D eigenvalue weighted by molar-refractivity contribution is 6.29. The number of hydrogen-bond donors (Lipinski definition) is 1. The molecule has 13 heavy (non-hydrogen) atoms. The summed E-state index contributed by atoms with van der Waals surface area (Å²) in [6.45, 7) is 4.09. The highest BCUT2D eigenvalue weighted by atomic mass is 35.5. The third-order valence-electron chi connectivity index (χ3n) is 1.66. The van der Waals surface area contributed by atoms with E-state index in [-0.39, 0.29) is 12.1 Å². The Morgan fingerprint density at radius 3 is 2.92 bits per heavy atom. The van der Waals surface area contributed by atoms with Crippen molar-refractivity contribution >= 4 is 11.6 Å². The lowest BCUT2D eigenvalue weighted by atomic mass is 10.3. The summed E-state index contributed by atoms with van der Waals surface area (Å²) in [5.74, 6) is 0. The lowest BCUT2D eigenvalue weighted by Crippen LogP contribution is -2.24. The van der Waals surface area contributed by atoms with Gasteiger partial charge in [0, 0.05) is 23.3 Å². The van der Waals surface area contributed by atoms with Gasteiger partial charge in [0.15, 0.2) is 0 Å². The average Bonchev–Trinajstić information content (AvgIpc) is 2.08. The molecule has 0 aliphatic heterocycles. The van der Waals surface area contributed by atoms with E-state index < -0.39 is 0 Å². The lowest BCUT2D eigenvalue weighted by Gasteiger charge is -2.04. The Kier molecular flexibility index (Phi) is 3.28. The Labute approximate surface area is 81.4 Å². The predicted octanol–water partition coefficient (Wildman–Crippen LogP) is 1.06. The van der Waals surface area contributed by atoms with Crippen LogP contribution in [0, 0.1) is 0 Å². The summed E-state index contributed by atoms with van der Waals surface area (Å²) in [5.41, 5.74) is 5.86. The molecule has 0 fully saturated rings. The van der Waals surface area contributed by atoms with Gasteiger partial charge in [-0.2, -0.15) is 0 Å². The van der Waals surface area contributed by atoms with Crippen LogP contribution in [0.1, 0.15) is 5.56 Å². The number of nitrogens with two attached hydrogens (primary N) is 1. The second-order valence-corrected chi connectivity index (χ2v) is 3.22. The summed E-state index contributed by atoms with van der Waals surface area (Å²) in [7, 11) is 0. The van der Waals surface area contributed by atoms with E-state index in [1.807, 2.05) is 0 Å². The van der Waals surface area contributed by atoms with E-state index in [0.717, 1.165) is 0 Å². The van der Waals surface area contributed by atoms with E-state index in [1.165, 1.54) is 4.57 Å². The van der Waals surface area contributed by atoms with Crippen LogP contribution in [0.4, 0.5) is 0 Å². The fourth-order valence-corrected chi connectivity index (χ4v) is 1.18. The van der Waals surface area contributed by atoms with Gasteiger partial charge in [-0.15, -0.1) is 0 Å². The number of pyridine rings is 1. The Balaban J connectivity index is 3.09. The van der Waals surface area contributed by atoms with Gasteiger partial charge in [0.25, 0.3) is 5.56 Å². The number of hydrogen-bond acceptors (Lipinski definition) is 2. The van der Waals surface area contributed by atoms with Gasteiger partial charge in [-0.3, -0.25) is 4.79 Å².